The van der Waals surface area contributed by atoms with Gasteiger partial charge in [-0.2, -0.15) is 0 Å². The Balaban J connectivity index is 1.99. The highest BCUT2D eigenvalue weighted by molar-refractivity contribution is 5.85. The van der Waals surface area contributed by atoms with Crippen LogP contribution in [-0.4, -0.2) is 17.5 Å². The zero-order valence-corrected chi connectivity index (χ0v) is 9.05. The number of carbonyl (C=O) groups excluding carboxylic acids is 1. The highest BCUT2D eigenvalue weighted by atomic mass is 16.5. The molecule has 0 aliphatic heterocycles. The van der Waals surface area contributed by atoms with Gasteiger partial charge in [0.05, 0.1) is 6.10 Å². The van der Waals surface area contributed by atoms with Gasteiger partial charge < -0.3 is 4.74 Å². The number of ether oxygens (including phenoxy) is 1. The molecule has 0 aromatic heterocycles. The van der Waals surface area contributed by atoms with E-state index in [1.807, 2.05) is 0 Å². The Bertz CT molecular complexity index is 210. The second-order valence-electron chi connectivity index (χ2n) is 4.78. The fourth-order valence-corrected chi connectivity index (χ4v) is 2.82. The van der Waals surface area contributed by atoms with E-state index in [0.717, 1.165) is 38.5 Å². The van der Waals surface area contributed by atoms with Crippen LogP contribution in [0.15, 0.2) is 0 Å². The molecular formula is C12H20O2. The molecule has 2 saturated carbocycles. The molecule has 0 bridgehead atoms. The molecule has 2 rings (SSSR count). The molecule has 0 heterocycles. The van der Waals surface area contributed by atoms with E-state index in [2.05, 4.69) is 0 Å². The summed E-state index contributed by atoms with van der Waals surface area (Å²) in [7, 11) is 0. The molecular weight excluding hydrogens is 176 g/mol. The van der Waals surface area contributed by atoms with Crippen LogP contribution < -0.4 is 0 Å². The molecule has 0 aromatic carbocycles. The maximum absolute atomic E-state index is 11.6. The molecule has 14 heavy (non-hydrogen) atoms. The van der Waals surface area contributed by atoms with Crippen molar-refractivity contribution in [1.29, 1.82) is 0 Å². The Morgan fingerprint density at radius 2 is 1.71 bits per heavy atom. The first-order valence-electron chi connectivity index (χ1n) is 5.92. The van der Waals surface area contributed by atoms with E-state index in [4.69, 9.17) is 4.74 Å². The molecule has 2 heteroatoms. The Kier molecular flexibility index (Phi) is 2.91. The average molecular weight is 196 g/mol. The molecule has 0 unspecified atom stereocenters. The Hall–Kier alpha value is -0.370. The summed E-state index contributed by atoms with van der Waals surface area (Å²) in [4.78, 5) is 11.6. The maximum atomic E-state index is 11.6. The minimum absolute atomic E-state index is 0.252. The predicted octanol–water partition coefficient (Wildman–Crippen LogP) is 2.85. The molecule has 0 saturated heterocycles. The van der Waals surface area contributed by atoms with Crippen molar-refractivity contribution >= 4 is 5.78 Å². The third-order valence-corrected chi connectivity index (χ3v) is 3.75. The number of rotatable bonds is 3. The van der Waals surface area contributed by atoms with Crippen molar-refractivity contribution in [1.82, 2.24) is 0 Å². The third-order valence-electron chi connectivity index (χ3n) is 3.75. The van der Waals surface area contributed by atoms with Crippen LogP contribution in [-0.2, 0) is 9.53 Å². The van der Waals surface area contributed by atoms with Gasteiger partial charge in [0.2, 0.25) is 0 Å². The van der Waals surface area contributed by atoms with Crippen LogP contribution in [0.2, 0.25) is 0 Å². The van der Waals surface area contributed by atoms with Crippen LogP contribution in [0.1, 0.15) is 58.3 Å². The molecule has 0 N–H and O–H groups in total. The lowest BCUT2D eigenvalue weighted by atomic mass is 9.97. The third kappa shape index (κ3) is 1.85. The molecule has 0 spiro atoms. The van der Waals surface area contributed by atoms with Gasteiger partial charge in [-0.25, -0.2) is 0 Å². The topological polar surface area (TPSA) is 26.3 Å². The largest absolute Gasteiger partial charge is 0.364 e. The normalized spacial score (nSPS) is 26.9. The number of Topliss-reactive ketones (excluding diaryl/α,β-unsaturated/α-hetero) is 1. The van der Waals surface area contributed by atoms with Crippen LogP contribution in [0.25, 0.3) is 0 Å². The standard InChI is InChI=1S/C12H20O2/c1-10(13)12(8-4-5-9-12)14-11-6-2-3-7-11/h11H,2-9H2,1H3. The lowest BCUT2D eigenvalue weighted by Gasteiger charge is -2.30. The second kappa shape index (κ2) is 4.01. The zero-order chi connectivity index (χ0) is 10.0. The van der Waals surface area contributed by atoms with Gasteiger partial charge >= 0.3 is 0 Å². The van der Waals surface area contributed by atoms with E-state index in [1.165, 1.54) is 12.8 Å². The van der Waals surface area contributed by atoms with Gasteiger partial charge in [-0.15, -0.1) is 0 Å². The van der Waals surface area contributed by atoms with E-state index in [9.17, 15) is 4.79 Å². The fourth-order valence-electron chi connectivity index (χ4n) is 2.82. The highest BCUT2D eigenvalue weighted by Crippen LogP contribution is 2.37. The minimum atomic E-state index is -0.380. The molecule has 0 amide bonds. The summed E-state index contributed by atoms with van der Waals surface area (Å²) in [5, 5.41) is 0. The van der Waals surface area contributed by atoms with Gasteiger partial charge in [-0.1, -0.05) is 12.8 Å². The van der Waals surface area contributed by atoms with Gasteiger partial charge in [0.15, 0.2) is 5.78 Å². The van der Waals surface area contributed by atoms with E-state index in [1.54, 1.807) is 6.92 Å². The molecule has 2 fully saturated rings. The van der Waals surface area contributed by atoms with Crippen molar-refractivity contribution in [2.24, 2.45) is 0 Å². The molecule has 80 valence electrons. The number of ketones is 1. The monoisotopic (exact) mass is 196 g/mol. The number of hydrogen-bond acceptors (Lipinski definition) is 2. The molecule has 2 nitrogen and oxygen atoms in total. The molecule has 0 atom stereocenters. The first-order valence-corrected chi connectivity index (χ1v) is 5.92. The lowest BCUT2D eigenvalue weighted by Crippen LogP contribution is -2.40. The summed E-state index contributed by atoms with van der Waals surface area (Å²) in [6, 6.07) is 0. The van der Waals surface area contributed by atoms with Crippen molar-refractivity contribution in [3.63, 3.8) is 0 Å². The Morgan fingerprint density at radius 3 is 2.21 bits per heavy atom. The quantitative estimate of drug-likeness (QED) is 0.693. The zero-order valence-electron chi connectivity index (χ0n) is 9.05. The number of hydrogen-bond donors (Lipinski definition) is 0. The van der Waals surface area contributed by atoms with Gasteiger partial charge in [0.1, 0.15) is 5.60 Å². The van der Waals surface area contributed by atoms with Gasteiger partial charge in [-0.3, -0.25) is 4.79 Å². The predicted molar refractivity (Wildman–Crippen MR) is 55.2 cm³/mol. The van der Waals surface area contributed by atoms with Crippen molar-refractivity contribution in [2.45, 2.75) is 70.0 Å². The van der Waals surface area contributed by atoms with Gasteiger partial charge in [0, 0.05) is 0 Å². The summed E-state index contributed by atoms with van der Waals surface area (Å²) >= 11 is 0. The van der Waals surface area contributed by atoms with Crippen LogP contribution in [0.3, 0.4) is 0 Å². The van der Waals surface area contributed by atoms with Gasteiger partial charge in [0.25, 0.3) is 0 Å². The number of carbonyl (C=O) groups is 1. The summed E-state index contributed by atoms with van der Waals surface area (Å²) in [5.41, 5.74) is -0.380. The van der Waals surface area contributed by atoms with Crippen LogP contribution in [0.5, 0.6) is 0 Å². The van der Waals surface area contributed by atoms with Crippen LogP contribution in [0.4, 0.5) is 0 Å². The summed E-state index contributed by atoms with van der Waals surface area (Å²) < 4.78 is 6.07. The molecule has 2 aliphatic carbocycles. The van der Waals surface area contributed by atoms with Gasteiger partial charge in [-0.05, 0) is 45.4 Å². The molecule has 0 radical (unpaired) electrons. The van der Waals surface area contributed by atoms with Crippen LogP contribution >= 0.6 is 0 Å². The average Bonchev–Trinajstić information content (AvgIpc) is 2.76. The highest BCUT2D eigenvalue weighted by Gasteiger charge is 2.41. The molecule has 2 aliphatic rings. The summed E-state index contributed by atoms with van der Waals surface area (Å²) in [6.45, 7) is 1.69. The summed E-state index contributed by atoms with van der Waals surface area (Å²) in [5.74, 6) is 0.252. The van der Waals surface area contributed by atoms with Crippen molar-refractivity contribution < 1.29 is 9.53 Å². The first-order chi connectivity index (χ1) is 6.73. The van der Waals surface area contributed by atoms with Crippen molar-refractivity contribution in [2.75, 3.05) is 0 Å². The molecule has 0 aromatic rings. The van der Waals surface area contributed by atoms with E-state index in [-0.39, 0.29) is 11.4 Å². The smallest absolute Gasteiger partial charge is 0.161 e. The fraction of sp³-hybridized carbons (Fsp3) is 0.917. The van der Waals surface area contributed by atoms with E-state index in [0.29, 0.717) is 6.10 Å². The minimum Gasteiger partial charge on any atom is -0.364 e. The Morgan fingerprint density at radius 1 is 1.14 bits per heavy atom. The maximum Gasteiger partial charge on any atom is 0.161 e. The Labute approximate surface area is 86.0 Å². The van der Waals surface area contributed by atoms with E-state index < -0.39 is 0 Å². The first kappa shape index (κ1) is 10.2. The van der Waals surface area contributed by atoms with Crippen molar-refractivity contribution in [3.05, 3.63) is 0 Å². The van der Waals surface area contributed by atoms with Crippen LogP contribution in [0, 0.1) is 0 Å². The lowest BCUT2D eigenvalue weighted by molar-refractivity contribution is -0.149. The summed E-state index contributed by atoms with van der Waals surface area (Å²) in [6.07, 6.45) is 9.48. The second-order valence-corrected chi connectivity index (χ2v) is 4.78. The SMILES string of the molecule is CC(=O)C1(OC2CCCC2)CCCC1. The van der Waals surface area contributed by atoms with Crippen molar-refractivity contribution in [3.8, 4) is 0 Å². The van der Waals surface area contributed by atoms with E-state index >= 15 is 0 Å².